The number of amides is 2. The minimum atomic E-state index is -1.02. The Hall–Kier alpha value is -1.65. The van der Waals surface area contributed by atoms with Crippen LogP contribution in [0.4, 0.5) is 0 Å². The Morgan fingerprint density at radius 1 is 1.00 bits per heavy atom. The number of carbonyl (C=O) groups is 3. The summed E-state index contributed by atoms with van der Waals surface area (Å²) in [6.45, 7) is 0. The third-order valence-electron chi connectivity index (χ3n) is 5.83. The van der Waals surface area contributed by atoms with Gasteiger partial charge < -0.3 is 9.90 Å². The van der Waals surface area contributed by atoms with Crippen LogP contribution in [0.15, 0.2) is 11.1 Å². The Labute approximate surface area is 123 Å². The Kier molecular flexibility index (Phi) is 2.75. The molecule has 4 atom stereocenters. The molecule has 2 bridgehead atoms. The molecule has 0 aromatic carbocycles. The highest BCUT2D eigenvalue weighted by Crippen LogP contribution is 2.51. The number of hydrogen-bond donors (Lipinski definition) is 0. The molecule has 3 aliphatic carbocycles. The predicted molar refractivity (Wildman–Crippen MR) is 70.5 cm³/mol. The average molecular weight is 288 g/mol. The highest BCUT2D eigenvalue weighted by Gasteiger charge is 2.53. The number of carbonyl (C=O) groups excluding carboxylic acids is 3. The van der Waals surface area contributed by atoms with Crippen molar-refractivity contribution in [2.45, 2.75) is 51.0 Å². The van der Waals surface area contributed by atoms with Crippen molar-refractivity contribution in [2.75, 3.05) is 0 Å². The molecular formula is C16H18NO4-. The van der Waals surface area contributed by atoms with Crippen LogP contribution in [0.5, 0.6) is 0 Å². The summed E-state index contributed by atoms with van der Waals surface area (Å²) in [6.07, 6.45) is 5.54. The lowest BCUT2D eigenvalue weighted by atomic mass is 9.84. The van der Waals surface area contributed by atoms with E-state index < -0.39 is 11.9 Å². The first kappa shape index (κ1) is 13.0. The van der Waals surface area contributed by atoms with Crippen LogP contribution < -0.4 is 5.11 Å². The van der Waals surface area contributed by atoms with E-state index in [1.165, 1.54) is 4.90 Å². The fraction of sp³-hybridized carbons (Fsp3) is 0.688. The van der Waals surface area contributed by atoms with E-state index in [0.29, 0.717) is 36.3 Å². The van der Waals surface area contributed by atoms with Crippen molar-refractivity contribution in [2.24, 2.45) is 17.8 Å². The Morgan fingerprint density at radius 3 is 2.14 bits per heavy atom. The molecule has 112 valence electrons. The molecule has 0 radical (unpaired) electrons. The molecule has 4 aliphatic rings. The quantitative estimate of drug-likeness (QED) is 0.689. The summed E-state index contributed by atoms with van der Waals surface area (Å²) in [5.74, 6) is -1.60. The van der Waals surface area contributed by atoms with Crippen LogP contribution in [0.25, 0.3) is 0 Å². The van der Waals surface area contributed by atoms with Gasteiger partial charge in [0, 0.05) is 29.1 Å². The van der Waals surface area contributed by atoms with Crippen molar-refractivity contribution in [3.8, 4) is 0 Å². The van der Waals surface area contributed by atoms with Gasteiger partial charge in [0.2, 0.25) is 0 Å². The van der Waals surface area contributed by atoms with Gasteiger partial charge in [-0.15, -0.1) is 0 Å². The Morgan fingerprint density at radius 2 is 1.62 bits per heavy atom. The number of imide groups is 1. The molecule has 21 heavy (non-hydrogen) atoms. The van der Waals surface area contributed by atoms with Gasteiger partial charge in [-0.25, -0.2) is 0 Å². The number of fused-ring (bicyclic) bond motifs is 2. The maximum Gasteiger partial charge on any atom is 0.257 e. The number of aliphatic carboxylic acids is 1. The van der Waals surface area contributed by atoms with Crippen molar-refractivity contribution in [1.82, 2.24) is 4.90 Å². The predicted octanol–water partition coefficient (Wildman–Crippen LogP) is 0.390. The van der Waals surface area contributed by atoms with Gasteiger partial charge in [-0.1, -0.05) is 0 Å². The zero-order chi connectivity index (χ0) is 14.7. The summed E-state index contributed by atoms with van der Waals surface area (Å²) in [5.41, 5.74) is 1.39. The van der Waals surface area contributed by atoms with E-state index in [1.807, 2.05) is 0 Å². The number of nitrogens with zero attached hydrogens (tertiary/aromatic N) is 1. The number of hydrogen-bond acceptors (Lipinski definition) is 4. The molecule has 0 spiro atoms. The molecule has 1 heterocycles. The van der Waals surface area contributed by atoms with Crippen LogP contribution in [0, 0.1) is 17.8 Å². The molecule has 2 saturated carbocycles. The minimum absolute atomic E-state index is 0.103. The molecule has 5 nitrogen and oxygen atoms in total. The van der Waals surface area contributed by atoms with Gasteiger partial charge in [0.15, 0.2) is 0 Å². The second kappa shape index (κ2) is 4.42. The maximum absolute atomic E-state index is 12.6. The standard InChI is InChI=1S/C16H19NO4/c18-14-9-3-1-2-4-10(9)15(19)17(14)13-7-8-5-11(13)12(6-8)16(20)21/h8,11-13H,1-7H2,(H,20,21)/p-1. The van der Waals surface area contributed by atoms with E-state index in [1.54, 1.807) is 0 Å². The van der Waals surface area contributed by atoms with E-state index in [4.69, 9.17) is 0 Å². The molecular weight excluding hydrogens is 270 g/mol. The highest BCUT2D eigenvalue weighted by atomic mass is 16.4. The second-order valence-corrected chi connectivity index (χ2v) is 6.87. The SMILES string of the molecule is O=C([O-])C1CC2CC1C(N1C(=O)C3=C(CCCC3)C1=O)C2. The highest BCUT2D eigenvalue weighted by molar-refractivity contribution is 6.19. The van der Waals surface area contributed by atoms with Crippen molar-refractivity contribution >= 4 is 17.8 Å². The van der Waals surface area contributed by atoms with E-state index >= 15 is 0 Å². The molecule has 0 saturated heterocycles. The summed E-state index contributed by atoms with van der Waals surface area (Å²) in [4.78, 5) is 37.8. The third-order valence-corrected chi connectivity index (χ3v) is 5.83. The lowest BCUT2D eigenvalue weighted by molar-refractivity contribution is -0.313. The minimum Gasteiger partial charge on any atom is -0.550 e. The largest absolute Gasteiger partial charge is 0.550 e. The van der Waals surface area contributed by atoms with E-state index in [0.717, 1.165) is 25.7 Å². The first-order valence-corrected chi connectivity index (χ1v) is 7.88. The molecule has 4 rings (SSSR count). The van der Waals surface area contributed by atoms with E-state index in [-0.39, 0.29) is 23.8 Å². The molecule has 0 aromatic rings. The molecule has 2 amide bonds. The van der Waals surface area contributed by atoms with Crippen LogP contribution in [0.3, 0.4) is 0 Å². The normalized spacial score (nSPS) is 38.4. The molecule has 0 N–H and O–H groups in total. The van der Waals surface area contributed by atoms with Crippen molar-refractivity contribution in [3.63, 3.8) is 0 Å². The van der Waals surface area contributed by atoms with Crippen molar-refractivity contribution in [1.29, 1.82) is 0 Å². The van der Waals surface area contributed by atoms with Crippen LogP contribution in [0.2, 0.25) is 0 Å². The summed E-state index contributed by atoms with van der Waals surface area (Å²) >= 11 is 0. The van der Waals surface area contributed by atoms with Gasteiger partial charge >= 0.3 is 0 Å². The van der Waals surface area contributed by atoms with Crippen molar-refractivity contribution < 1.29 is 19.5 Å². The van der Waals surface area contributed by atoms with Gasteiger partial charge in [-0.3, -0.25) is 14.5 Å². The summed E-state index contributed by atoms with van der Waals surface area (Å²) < 4.78 is 0. The molecule has 5 heteroatoms. The summed E-state index contributed by atoms with van der Waals surface area (Å²) in [6, 6.07) is -0.225. The fourth-order valence-electron chi connectivity index (χ4n) is 4.94. The fourth-order valence-corrected chi connectivity index (χ4v) is 4.94. The van der Waals surface area contributed by atoms with Gasteiger partial charge in [-0.2, -0.15) is 0 Å². The second-order valence-electron chi connectivity index (χ2n) is 6.87. The number of carboxylic acids is 1. The smallest absolute Gasteiger partial charge is 0.257 e. The van der Waals surface area contributed by atoms with E-state index in [2.05, 4.69) is 0 Å². The van der Waals surface area contributed by atoms with Crippen LogP contribution in [0.1, 0.15) is 44.9 Å². The zero-order valence-corrected chi connectivity index (χ0v) is 11.8. The molecule has 0 aromatic heterocycles. The molecule has 1 aliphatic heterocycles. The monoisotopic (exact) mass is 288 g/mol. The van der Waals surface area contributed by atoms with Crippen LogP contribution in [-0.4, -0.2) is 28.7 Å². The first-order valence-electron chi connectivity index (χ1n) is 7.88. The average Bonchev–Trinajstić information content (AvgIpc) is 3.13. The van der Waals surface area contributed by atoms with E-state index in [9.17, 15) is 19.5 Å². The van der Waals surface area contributed by atoms with Gasteiger partial charge in [0.05, 0.1) is 0 Å². The topological polar surface area (TPSA) is 77.5 Å². The lowest BCUT2D eigenvalue weighted by Crippen LogP contribution is -2.49. The molecule has 4 unspecified atom stereocenters. The molecule has 2 fully saturated rings. The first-order chi connectivity index (χ1) is 10.1. The van der Waals surface area contributed by atoms with Gasteiger partial charge in [-0.05, 0) is 56.8 Å². The number of carboxylic acid groups (broad SMARTS) is 1. The van der Waals surface area contributed by atoms with Crippen molar-refractivity contribution in [3.05, 3.63) is 11.1 Å². The van der Waals surface area contributed by atoms with Gasteiger partial charge in [0.25, 0.3) is 11.8 Å². The number of rotatable bonds is 2. The van der Waals surface area contributed by atoms with Gasteiger partial charge in [0.1, 0.15) is 0 Å². The maximum atomic E-state index is 12.6. The zero-order valence-electron chi connectivity index (χ0n) is 11.8. The summed E-state index contributed by atoms with van der Waals surface area (Å²) in [7, 11) is 0. The van der Waals surface area contributed by atoms with Crippen LogP contribution in [-0.2, 0) is 14.4 Å². The Bertz CT molecular complexity index is 551. The van der Waals surface area contributed by atoms with Crippen LogP contribution >= 0.6 is 0 Å². The lowest BCUT2D eigenvalue weighted by Gasteiger charge is -2.35. The third kappa shape index (κ3) is 1.72. The Balaban J connectivity index is 1.62. The summed E-state index contributed by atoms with van der Waals surface area (Å²) in [5, 5.41) is 11.3.